The van der Waals surface area contributed by atoms with E-state index < -0.39 is 0 Å². The number of amides is 1. The Hall–Kier alpha value is -2.73. The van der Waals surface area contributed by atoms with Crippen LogP contribution in [0.1, 0.15) is 5.56 Å². The molecule has 1 amide bonds. The molecule has 0 radical (unpaired) electrons. The molecule has 1 aliphatic rings. The first-order chi connectivity index (χ1) is 13.2. The first-order valence-electron chi connectivity index (χ1n) is 9.08. The zero-order chi connectivity index (χ0) is 19.1. The average molecular weight is 370 g/mol. The largest absolute Gasteiger partial charge is 0.497 e. The van der Waals surface area contributed by atoms with E-state index in [0.29, 0.717) is 5.75 Å². The van der Waals surface area contributed by atoms with Crippen molar-refractivity contribution in [3.63, 3.8) is 0 Å². The molecular formula is C21H26N2O4. The Morgan fingerprint density at radius 3 is 1.89 bits per heavy atom. The maximum atomic E-state index is 12.4. The second kappa shape index (κ2) is 9.28. The number of carbonyl (C=O) groups is 1. The average Bonchev–Trinajstić information content (AvgIpc) is 2.73. The van der Waals surface area contributed by atoms with E-state index in [-0.39, 0.29) is 12.5 Å². The lowest BCUT2D eigenvalue weighted by Gasteiger charge is -2.34. The molecule has 1 heterocycles. The second-order valence-electron chi connectivity index (χ2n) is 6.47. The Balaban J connectivity index is 1.41. The molecule has 1 aliphatic heterocycles. The summed E-state index contributed by atoms with van der Waals surface area (Å²) >= 11 is 0. The third-order valence-electron chi connectivity index (χ3n) is 4.71. The van der Waals surface area contributed by atoms with Crippen molar-refractivity contribution in [1.29, 1.82) is 0 Å². The number of hydrogen-bond acceptors (Lipinski definition) is 5. The molecule has 6 nitrogen and oxygen atoms in total. The normalized spacial score (nSPS) is 14.7. The molecule has 1 fully saturated rings. The summed E-state index contributed by atoms with van der Waals surface area (Å²) in [7, 11) is 3.29. The number of benzene rings is 2. The highest BCUT2D eigenvalue weighted by Gasteiger charge is 2.21. The summed E-state index contributed by atoms with van der Waals surface area (Å²) in [6.45, 7) is 4.11. The Bertz CT molecular complexity index is 723. The van der Waals surface area contributed by atoms with E-state index in [1.807, 2.05) is 29.2 Å². The summed E-state index contributed by atoms with van der Waals surface area (Å²) in [5.74, 6) is 2.32. The number of nitrogens with zero attached hydrogens (tertiary/aromatic N) is 2. The summed E-state index contributed by atoms with van der Waals surface area (Å²) in [6, 6.07) is 15.4. The Morgan fingerprint density at radius 1 is 0.815 bits per heavy atom. The van der Waals surface area contributed by atoms with Crippen LogP contribution >= 0.6 is 0 Å². The molecular weight excluding hydrogens is 344 g/mol. The maximum Gasteiger partial charge on any atom is 0.260 e. The van der Waals surface area contributed by atoms with Crippen molar-refractivity contribution in [3.05, 3.63) is 54.1 Å². The lowest BCUT2D eigenvalue weighted by atomic mass is 10.2. The van der Waals surface area contributed by atoms with Gasteiger partial charge in [0.15, 0.2) is 6.61 Å². The van der Waals surface area contributed by atoms with Gasteiger partial charge in [-0.15, -0.1) is 0 Å². The van der Waals surface area contributed by atoms with Gasteiger partial charge in [-0.2, -0.15) is 0 Å². The fourth-order valence-electron chi connectivity index (χ4n) is 3.05. The molecule has 0 spiro atoms. The predicted octanol–water partition coefficient (Wildman–Crippen LogP) is 2.43. The van der Waals surface area contributed by atoms with Gasteiger partial charge in [0, 0.05) is 32.7 Å². The van der Waals surface area contributed by atoms with Crippen LogP contribution < -0.4 is 14.2 Å². The highest BCUT2D eigenvalue weighted by Crippen LogP contribution is 2.17. The van der Waals surface area contributed by atoms with Gasteiger partial charge >= 0.3 is 0 Å². The molecule has 3 rings (SSSR count). The minimum absolute atomic E-state index is 0.0231. The zero-order valence-electron chi connectivity index (χ0n) is 15.9. The van der Waals surface area contributed by atoms with Crippen molar-refractivity contribution in [2.45, 2.75) is 6.54 Å². The fourth-order valence-corrected chi connectivity index (χ4v) is 3.05. The molecule has 0 saturated carbocycles. The van der Waals surface area contributed by atoms with E-state index in [4.69, 9.17) is 14.2 Å². The topological polar surface area (TPSA) is 51.2 Å². The third kappa shape index (κ3) is 5.37. The fraction of sp³-hybridized carbons (Fsp3) is 0.381. The van der Waals surface area contributed by atoms with Crippen molar-refractivity contribution < 1.29 is 19.0 Å². The minimum atomic E-state index is 0.0231. The van der Waals surface area contributed by atoms with Crippen LogP contribution in [-0.2, 0) is 11.3 Å². The van der Waals surface area contributed by atoms with Crippen LogP contribution in [0, 0.1) is 0 Å². The monoisotopic (exact) mass is 370 g/mol. The van der Waals surface area contributed by atoms with Crippen LogP contribution in [0.5, 0.6) is 17.2 Å². The lowest BCUT2D eigenvalue weighted by Crippen LogP contribution is -2.49. The smallest absolute Gasteiger partial charge is 0.260 e. The molecule has 0 unspecified atom stereocenters. The Morgan fingerprint density at radius 2 is 1.33 bits per heavy atom. The number of piperazine rings is 1. The molecule has 0 bridgehead atoms. The molecule has 27 heavy (non-hydrogen) atoms. The van der Waals surface area contributed by atoms with Crippen molar-refractivity contribution >= 4 is 5.91 Å². The van der Waals surface area contributed by atoms with Gasteiger partial charge in [0.2, 0.25) is 0 Å². The van der Waals surface area contributed by atoms with Crippen LogP contribution in [0.15, 0.2) is 48.5 Å². The summed E-state index contributed by atoms with van der Waals surface area (Å²) in [6.07, 6.45) is 0. The number of ether oxygens (including phenoxy) is 3. The number of hydrogen-bond donors (Lipinski definition) is 0. The molecule has 6 heteroatoms. The molecule has 144 valence electrons. The van der Waals surface area contributed by atoms with Gasteiger partial charge < -0.3 is 19.1 Å². The Labute approximate surface area is 160 Å². The standard InChI is InChI=1S/C21H26N2O4/c1-25-18-5-3-17(4-6-18)15-22-11-13-23(14-12-22)21(24)16-27-20-9-7-19(26-2)8-10-20/h3-10H,11-16H2,1-2H3. The zero-order valence-corrected chi connectivity index (χ0v) is 15.9. The number of rotatable bonds is 7. The minimum Gasteiger partial charge on any atom is -0.497 e. The van der Waals surface area contributed by atoms with E-state index in [0.717, 1.165) is 44.2 Å². The second-order valence-corrected chi connectivity index (χ2v) is 6.47. The third-order valence-corrected chi connectivity index (χ3v) is 4.71. The van der Waals surface area contributed by atoms with Crippen molar-refractivity contribution in [2.75, 3.05) is 47.0 Å². The summed E-state index contributed by atoms with van der Waals surface area (Å²) in [5, 5.41) is 0. The van der Waals surface area contributed by atoms with E-state index in [9.17, 15) is 4.79 Å². The van der Waals surface area contributed by atoms with Crippen LogP contribution in [0.3, 0.4) is 0 Å². The molecule has 2 aromatic rings. The number of methoxy groups -OCH3 is 2. The molecule has 0 aliphatic carbocycles. The van der Waals surface area contributed by atoms with E-state index in [2.05, 4.69) is 17.0 Å². The van der Waals surface area contributed by atoms with Crippen molar-refractivity contribution in [1.82, 2.24) is 9.80 Å². The van der Waals surface area contributed by atoms with Crippen LogP contribution in [0.25, 0.3) is 0 Å². The quantitative estimate of drug-likeness (QED) is 0.749. The van der Waals surface area contributed by atoms with Crippen LogP contribution in [0.2, 0.25) is 0 Å². The highest BCUT2D eigenvalue weighted by atomic mass is 16.5. The van der Waals surface area contributed by atoms with Gasteiger partial charge in [0.25, 0.3) is 5.91 Å². The SMILES string of the molecule is COc1ccc(CN2CCN(C(=O)COc3ccc(OC)cc3)CC2)cc1. The van der Waals surface area contributed by atoms with Gasteiger partial charge in [-0.25, -0.2) is 0 Å². The summed E-state index contributed by atoms with van der Waals surface area (Å²) in [4.78, 5) is 16.6. The Kier molecular flexibility index (Phi) is 6.54. The lowest BCUT2D eigenvalue weighted by molar-refractivity contribution is -0.135. The first-order valence-corrected chi connectivity index (χ1v) is 9.08. The van der Waals surface area contributed by atoms with Crippen LogP contribution in [-0.4, -0.2) is 62.7 Å². The van der Waals surface area contributed by atoms with Gasteiger partial charge in [-0.1, -0.05) is 12.1 Å². The number of carbonyl (C=O) groups excluding carboxylic acids is 1. The first kappa shape index (κ1) is 19.0. The van der Waals surface area contributed by atoms with E-state index in [1.54, 1.807) is 26.4 Å². The molecule has 0 aromatic heterocycles. The van der Waals surface area contributed by atoms with Gasteiger partial charge in [-0.3, -0.25) is 9.69 Å². The maximum absolute atomic E-state index is 12.4. The van der Waals surface area contributed by atoms with E-state index in [1.165, 1.54) is 5.56 Å². The predicted molar refractivity (Wildman–Crippen MR) is 103 cm³/mol. The molecule has 0 atom stereocenters. The van der Waals surface area contributed by atoms with Crippen LogP contribution in [0.4, 0.5) is 0 Å². The summed E-state index contributed by atoms with van der Waals surface area (Å²) in [5.41, 5.74) is 1.25. The van der Waals surface area contributed by atoms with E-state index >= 15 is 0 Å². The molecule has 1 saturated heterocycles. The van der Waals surface area contributed by atoms with Gasteiger partial charge in [0.05, 0.1) is 14.2 Å². The summed E-state index contributed by atoms with van der Waals surface area (Å²) < 4.78 is 15.9. The van der Waals surface area contributed by atoms with Gasteiger partial charge in [-0.05, 0) is 42.0 Å². The molecule has 2 aromatic carbocycles. The molecule has 0 N–H and O–H groups in total. The van der Waals surface area contributed by atoms with Crippen molar-refractivity contribution in [3.8, 4) is 17.2 Å². The highest BCUT2D eigenvalue weighted by molar-refractivity contribution is 5.77. The van der Waals surface area contributed by atoms with Gasteiger partial charge in [0.1, 0.15) is 17.2 Å². The van der Waals surface area contributed by atoms with Crippen molar-refractivity contribution in [2.24, 2.45) is 0 Å².